The fourth-order valence-electron chi connectivity index (χ4n) is 8.85. The summed E-state index contributed by atoms with van der Waals surface area (Å²) in [6.45, 7) is 3.25. The number of nitrogens with zero attached hydrogens (tertiary/aromatic N) is 2. The van der Waals surface area contributed by atoms with Gasteiger partial charge >= 0.3 is 0 Å². The molecule has 0 radical (unpaired) electrons. The molecular formula is C38H43FN2O3. The van der Waals surface area contributed by atoms with Crippen LogP contribution in [0.1, 0.15) is 90.4 Å². The van der Waals surface area contributed by atoms with Crippen molar-refractivity contribution in [1.82, 2.24) is 4.90 Å². The van der Waals surface area contributed by atoms with Crippen LogP contribution in [0.5, 0.6) is 5.75 Å². The Morgan fingerprint density at radius 2 is 1.82 bits per heavy atom. The van der Waals surface area contributed by atoms with Crippen molar-refractivity contribution < 1.29 is 19.4 Å². The lowest BCUT2D eigenvalue weighted by molar-refractivity contribution is -0.0722. The van der Waals surface area contributed by atoms with E-state index in [1.807, 2.05) is 47.4 Å². The Labute approximate surface area is 260 Å². The summed E-state index contributed by atoms with van der Waals surface area (Å²) in [7, 11) is 0. The van der Waals surface area contributed by atoms with E-state index in [1.165, 1.54) is 0 Å². The van der Waals surface area contributed by atoms with Crippen LogP contribution in [0.4, 0.5) is 4.39 Å². The highest BCUT2D eigenvalue weighted by molar-refractivity contribution is 5.94. The summed E-state index contributed by atoms with van der Waals surface area (Å²) >= 11 is 0. The monoisotopic (exact) mass is 594 g/mol. The van der Waals surface area contributed by atoms with Crippen LogP contribution >= 0.6 is 0 Å². The SMILES string of the molecule is C[C@]12C[C@H](F)[C@@H]3c4ccc(O)cc4C[C@@H](CCCCCN(Cc4ccccc4)C(=O)c4ccc(C#N)cc4)[C@H]3[C@@H]1CC[C@@H]2O. The molecule has 230 valence electrons. The third kappa shape index (κ3) is 5.87. The molecule has 0 aliphatic heterocycles. The Morgan fingerprint density at radius 3 is 2.57 bits per heavy atom. The average molecular weight is 595 g/mol. The Bertz CT molecular complexity index is 1500. The fourth-order valence-corrected chi connectivity index (χ4v) is 8.85. The first kappa shape index (κ1) is 30.3. The third-order valence-corrected chi connectivity index (χ3v) is 11.0. The molecule has 3 aromatic rings. The second-order valence-corrected chi connectivity index (χ2v) is 13.6. The molecule has 1 amide bonds. The lowest BCUT2D eigenvalue weighted by Crippen LogP contribution is -2.51. The maximum absolute atomic E-state index is 16.1. The molecule has 3 aliphatic rings. The number of aliphatic hydroxyl groups excluding tert-OH is 1. The first-order valence-electron chi connectivity index (χ1n) is 16.3. The average Bonchev–Trinajstić information content (AvgIpc) is 3.33. The van der Waals surface area contributed by atoms with Crippen molar-refractivity contribution >= 4 is 5.91 Å². The number of rotatable bonds is 9. The summed E-state index contributed by atoms with van der Waals surface area (Å²) < 4.78 is 16.1. The van der Waals surface area contributed by atoms with Gasteiger partial charge in [-0.05, 0) is 115 Å². The molecule has 0 unspecified atom stereocenters. The molecule has 0 saturated heterocycles. The van der Waals surface area contributed by atoms with E-state index in [9.17, 15) is 15.0 Å². The van der Waals surface area contributed by atoms with Crippen molar-refractivity contribution in [1.29, 1.82) is 5.26 Å². The molecule has 0 bridgehead atoms. The number of phenolic OH excluding ortho intramolecular Hbond substituents is 1. The lowest BCUT2D eigenvalue weighted by atomic mass is 9.51. The number of phenols is 1. The first-order chi connectivity index (χ1) is 21.3. The highest BCUT2D eigenvalue weighted by atomic mass is 19.1. The molecule has 0 heterocycles. The highest BCUT2D eigenvalue weighted by Gasteiger charge is 2.59. The minimum Gasteiger partial charge on any atom is -0.508 e. The number of carbonyl (C=O) groups excluding carboxylic acids is 1. The van der Waals surface area contributed by atoms with Crippen molar-refractivity contribution in [3.63, 3.8) is 0 Å². The summed E-state index contributed by atoms with van der Waals surface area (Å²) in [6.07, 6.45) is 5.24. The first-order valence-corrected chi connectivity index (χ1v) is 16.3. The number of fused-ring (bicyclic) bond motifs is 5. The quantitative estimate of drug-likeness (QED) is 0.251. The van der Waals surface area contributed by atoms with Crippen molar-refractivity contribution in [3.05, 3.63) is 101 Å². The van der Waals surface area contributed by atoms with Crippen LogP contribution in [0.15, 0.2) is 72.8 Å². The molecule has 3 aromatic carbocycles. The predicted octanol–water partition coefficient (Wildman–Crippen LogP) is 7.56. The van der Waals surface area contributed by atoms with Crippen LogP contribution in [0.2, 0.25) is 0 Å². The van der Waals surface area contributed by atoms with Gasteiger partial charge in [0.1, 0.15) is 11.9 Å². The summed E-state index contributed by atoms with van der Waals surface area (Å²) in [5.74, 6) is 0.791. The van der Waals surface area contributed by atoms with Crippen molar-refractivity contribution in [2.24, 2.45) is 23.2 Å². The molecule has 7 atom stereocenters. The minimum absolute atomic E-state index is 0.0415. The molecule has 5 nitrogen and oxygen atoms in total. The predicted molar refractivity (Wildman–Crippen MR) is 169 cm³/mol. The number of unbranched alkanes of at least 4 members (excludes halogenated alkanes) is 2. The number of hydrogen-bond acceptors (Lipinski definition) is 4. The van der Waals surface area contributed by atoms with Gasteiger partial charge in [0.05, 0.1) is 17.7 Å². The number of alkyl halides is 1. The van der Waals surface area contributed by atoms with Crippen molar-refractivity contribution in [2.45, 2.75) is 83.0 Å². The topological polar surface area (TPSA) is 84.6 Å². The lowest BCUT2D eigenvalue weighted by Gasteiger charge is -2.54. The Morgan fingerprint density at radius 1 is 1.05 bits per heavy atom. The van der Waals surface area contributed by atoms with Crippen LogP contribution in [0.25, 0.3) is 0 Å². The van der Waals surface area contributed by atoms with Gasteiger partial charge < -0.3 is 15.1 Å². The number of halogens is 1. The van der Waals surface area contributed by atoms with Gasteiger partial charge in [-0.3, -0.25) is 4.79 Å². The Kier molecular flexibility index (Phi) is 8.78. The summed E-state index contributed by atoms with van der Waals surface area (Å²) in [4.78, 5) is 15.4. The van der Waals surface area contributed by atoms with E-state index in [-0.39, 0.29) is 28.9 Å². The second kappa shape index (κ2) is 12.7. The van der Waals surface area contributed by atoms with Crippen LogP contribution in [0.3, 0.4) is 0 Å². The van der Waals surface area contributed by atoms with Crippen LogP contribution < -0.4 is 0 Å². The van der Waals surface area contributed by atoms with E-state index >= 15 is 4.39 Å². The standard InChI is InChI=1S/C38H43FN2O3/c1-38-22-33(39)36-31-16-15-30(42)21-29(31)20-28(35(36)32(38)17-18-34(38)43)10-6-3-7-19-41(24-26-8-4-2-5-9-26)37(44)27-13-11-25(23-40)12-14-27/h2,4-5,8-9,11-16,21,28,32-36,42-43H,3,6-7,10,17-20,22,24H2,1H3/t28-,32+,33+,34+,35+,36+,38+/m1/s1. The summed E-state index contributed by atoms with van der Waals surface area (Å²) in [5.41, 5.74) is 3.93. The smallest absolute Gasteiger partial charge is 0.254 e. The van der Waals surface area contributed by atoms with E-state index in [0.717, 1.165) is 61.6 Å². The van der Waals surface area contributed by atoms with E-state index in [1.54, 1.807) is 30.3 Å². The normalized spacial score (nSPS) is 28.8. The van der Waals surface area contributed by atoms with Crippen molar-refractivity contribution in [2.75, 3.05) is 6.54 Å². The molecule has 44 heavy (non-hydrogen) atoms. The number of aromatic hydroxyl groups is 1. The van der Waals surface area contributed by atoms with Crippen LogP contribution in [-0.4, -0.2) is 39.8 Å². The van der Waals surface area contributed by atoms with Gasteiger partial charge in [0, 0.05) is 24.6 Å². The number of nitriles is 1. The van der Waals surface area contributed by atoms with Crippen molar-refractivity contribution in [3.8, 4) is 11.8 Å². The zero-order valence-corrected chi connectivity index (χ0v) is 25.5. The molecular weight excluding hydrogens is 551 g/mol. The summed E-state index contributed by atoms with van der Waals surface area (Å²) in [6, 6.07) is 24.4. The van der Waals surface area contributed by atoms with Gasteiger partial charge in [-0.25, -0.2) is 4.39 Å². The summed E-state index contributed by atoms with van der Waals surface area (Å²) in [5, 5.41) is 30.3. The van der Waals surface area contributed by atoms with E-state index in [4.69, 9.17) is 5.26 Å². The van der Waals surface area contributed by atoms with Gasteiger partial charge in [0.25, 0.3) is 5.91 Å². The molecule has 6 rings (SSSR count). The van der Waals surface area contributed by atoms with Gasteiger partial charge in [-0.15, -0.1) is 0 Å². The van der Waals surface area contributed by atoms with Gasteiger partial charge in [-0.1, -0.05) is 56.2 Å². The van der Waals surface area contributed by atoms with Crippen LogP contribution in [0, 0.1) is 34.5 Å². The van der Waals surface area contributed by atoms with Gasteiger partial charge in [0.15, 0.2) is 0 Å². The second-order valence-electron chi connectivity index (χ2n) is 13.6. The van der Waals surface area contributed by atoms with Gasteiger partial charge in [-0.2, -0.15) is 5.26 Å². The minimum atomic E-state index is -1.00. The van der Waals surface area contributed by atoms with E-state index < -0.39 is 12.3 Å². The van der Waals surface area contributed by atoms with E-state index in [0.29, 0.717) is 42.5 Å². The Balaban J connectivity index is 1.14. The van der Waals surface area contributed by atoms with Crippen LogP contribution in [-0.2, 0) is 13.0 Å². The Hall–Kier alpha value is -3.69. The zero-order chi connectivity index (χ0) is 30.8. The number of hydrogen-bond donors (Lipinski definition) is 2. The number of amides is 1. The maximum Gasteiger partial charge on any atom is 0.254 e. The molecule has 2 saturated carbocycles. The number of carbonyl (C=O) groups is 1. The maximum atomic E-state index is 16.1. The van der Waals surface area contributed by atoms with Gasteiger partial charge in [0.2, 0.25) is 0 Å². The van der Waals surface area contributed by atoms with E-state index in [2.05, 4.69) is 13.0 Å². The molecule has 2 fully saturated rings. The zero-order valence-electron chi connectivity index (χ0n) is 25.5. The number of benzene rings is 3. The molecule has 0 spiro atoms. The third-order valence-electron chi connectivity index (χ3n) is 11.0. The highest BCUT2D eigenvalue weighted by Crippen LogP contribution is 2.63. The molecule has 2 N–H and O–H groups in total. The molecule has 6 heteroatoms. The largest absolute Gasteiger partial charge is 0.508 e. The fraction of sp³-hybridized carbons (Fsp3) is 0.474. The molecule has 0 aromatic heterocycles. The molecule has 3 aliphatic carbocycles. The number of aliphatic hydroxyl groups is 1.